The van der Waals surface area contributed by atoms with Crippen LogP contribution in [0.1, 0.15) is 19.8 Å². The molecule has 0 aromatic heterocycles. The molecule has 1 aliphatic rings. The maximum atomic E-state index is 4.06. The predicted molar refractivity (Wildman–Crippen MR) is 36.2 cm³/mol. The molecule has 1 unspecified atom stereocenters. The standard InChI is InChI=1S/C6H13N3/c1-6-4-3-5-9(2)8-7-6/h6H,3-5H2,1-2H3. The van der Waals surface area contributed by atoms with Crippen LogP contribution in [0.5, 0.6) is 0 Å². The van der Waals surface area contributed by atoms with Gasteiger partial charge in [0.2, 0.25) is 0 Å². The second kappa shape index (κ2) is 2.80. The topological polar surface area (TPSA) is 28.0 Å². The van der Waals surface area contributed by atoms with E-state index in [9.17, 15) is 0 Å². The van der Waals surface area contributed by atoms with Gasteiger partial charge in [0.25, 0.3) is 0 Å². The van der Waals surface area contributed by atoms with Gasteiger partial charge >= 0.3 is 0 Å². The average molecular weight is 127 g/mol. The number of hydrogen-bond donors (Lipinski definition) is 0. The van der Waals surface area contributed by atoms with Crippen molar-refractivity contribution < 1.29 is 0 Å². The molecule has 0 saturated carbocycles. The maximum Gasteiger partial charge on any atom is 0.0702 e. The first-order valence-corrected chi connectivity index (χ1v) is 3.41. The molecule has 9 heavy (non-hydrogen) atoms. The highest BCUT2D eigenvalue weighted by molar-refractivity contribution is 4.60. The van der Waals surface area contributed by atoms with Crippen LogP contribution < -0.4 is 0 Å². The molecule has 3 heteroatoms. The van der Waals surface area contributed by atoms with Gasteiger partial charge in [-0.1, -0.05) is 5.22 Å². The third-order valence-electron chi connectivity index (χ3n) is 1.51. The van der Waals surface area contributed by atoms with Gasteiger partial charge in [-0.15, -0.1) is 0 Å². The molecule has 0 spiro atoms. The molecule has 1 rings (SSSR count). The smallest absolute Gasteiger partial charge is 0.0702 e. The Balaban J connectivity index is 2.43. The van der Waals surface area contributed by atoms with E-state index in [0.29, 0.717) is 6.04 Å². The Morgan fingerprint density at radius 2 is 2.33 bits per heavy atom. The lowest BCUT2D eigenvalue weighted by molar-refractivity contribution is 0.338. The van der Waals surface area contributed by atoms with Crippen LogP contribution in [0.15, 0.2) is 10.3 Å². The zero-order valence-corrected chi connectivity index (χ0v) is 6.04. The summed E-state index contributed by atoms with van der Waals surface area (Å²) in [6.45, 7) is 3.15. The molecule has 1 atom stereocenters. The van der Waals surface area contributed by atoms with E-state index in [2.05, 4.69) is 17.3 Å². The largest absolute Gasteiger partial charge is 0.282 e. The molecule has 1 aliphatic heterocycles. The predicted octanol–water partition coefficient (Wildman–Crippen LogP) is 1.47. The van der Waals surface area contributed by atoms with E-state index in [4.69, 9.17) is 0 Å². The summed E-state index contributed by atoms with van der Waals surface area (Å²) in [5, 5.41) is 9.91. The molecule has 0 aromatic carbocycles. The lowest BCUT2D eigenvalue weighted by Crippen LogP contribution is -2.09. The Bertz CT molecular complexity index is 98.9. The molecule has 1 heterocycles. The highest BCUT2D eigenvalue weighted by Crippen LogP contribution is 2.07. The van der Waals surface area contributed by atoms with Crippen molar-refractivity contribution in [2.75, 3.05) is 13.6 Å². The van der Waals surface area contributed by atoms with Crippen molar-refractivity contribution in [3.05, 3.63) is 0 Å². The first-order valence-electron chi connectivity index (χ1n) is 3.41. The summed E-state index contributed by atoms with van der Waals surface area (Å²) in [4.78, 5) is 0. The van der Waals surface area contributed by atoms with Crippen LogP contribution in [0.4, 0.5) is 0 Å². The van der Waals surface area contributed by atoms with Gasteiger partial charge in [-0.25, -0.2) is 0 Å². The number of hydrogen-bond acceptors (Lipinski definition) is 3. The minimum absolute atomic E-state index is 0.426. The van der Waals surface area contributed by atoms with E-state index < -0.39 is 0 Å². The van der Waals surface area contributed by atoms with Crippen molar-refractivity contribution in [2.45, 2.75) is 25.8 Å². The van der Waals surface area contributed by atoms with E-state index in [1.807, 2.05) is 12.1 Å². The van der Waals surface area contributed by atoms with Crippen molar-refractivity contribution in [3.63, 3.8) is 0 Å². The monoisotopic (exact) mass is 127 g/mol. The molecule has 52 valence electrons. The van der Waals surface area contributed by atoms with Crippen LogP contribution in [0, 0.1) is 0 Å². The Morgan fingerprint density at radius 1 is 1.56 bits per heavy atom. The first kappa shape index (κ1) is 6.52. The zero-order chi connectivity index (χ0) is 6.69. The summed E-state index contributed by atoms with van der Waals surface area (Å²) < 4.78 is 0. The van der Waals surface area contributed by atoms with Crippen LogP contribution in [0.3, 0.4) is 0 Å². The van der Waals surface area contributed by atoms with Gasteiger partial charge in [0, 0.05) is 13.6 Å². The lowest BCUT2D eigenvalue weighted by Gasteiger charge is -2.05. The Kier molecular flexibility index (Phi) is 2.03. The quantitative estimate of drug-likeness (QED) is 0.484. The fourth-order valence-corrected chi connectivity index (χ4v) is 0.894. The van der Waals surface area contributed by atoms with Gasteiger partial charge in [0.05, 0.1) is 6.04 Å². The molecule has 0 bridgehead atoms. The molecule has 0 aliphatic carbocycles. The van der Waals surface area contributed by atoms with Crippen molar-refractivity contribution >= 4 is 0 Å². The molecular formula is C6H13N3. The fraction of sp³-hybridized carbons (Fsp3) is 1.00. The van der Waals surface area contributed by atoms with Gasteiger partial charge in [-0.2, -0.15) is 5.11 Å². The van der Waals surface area contributed by atoms with Gasteiger partial charge in [-0.3, -0.25) is 5.01 Å². The molecule has 0 radical (unpaired) electrons. The molecule has 0 amide bonds. The van der Waals surface area contributed by atoms with Crippen LogP contribution >= 0.6 is 0 Å². The minimum atomic E-state index is 0.426. The lowest BCUT2D eigenvalue weighted by atomic mass is 10.2. The van der Waals surface area contributed by atoms with Crippen LogP contribution in [0.2, 0.25) is 0 Å². The second-order valence-corrected chi connectivity index (χ2v) is 2.58. The summed E-state index contributed by atoms with van der Waals surface area (Å²) in [7, 11) is 1.96. The maximum absolute atomic E-state index is 4.06. The van der Waals surface area contributed by atoms with Crippen LogP contribution in [-0.4, -0.2) is 24.6 Å². The van der Waals surface area contributed by atoms with Crippen molar-refractivity contribution in [1.29, 1.82) is 0 Å². The van der Waals surface area contributed by atoms with Crippen LogP contribution in [0.25, 0.3) is 0 Å². The number of nitrogens with zero attached hydrogens (tertiary/aromatic N) is 3. The summed E-state index contributed by atoms with van der Waals surface area (Å²) in [6, 6.07) is 0.426. The third kappa shape index (κ3) is 2.00. The Morgan fingerprint density at radius 3 is 3.11 bits per heavy atom. The Labute approximate surface area is 55.7 Å². The highest BCUT2D eigenvalue weighted by Gasteiger charge is 2.04. The highest BCUT2D eigenvalue weighted by atomic mass is 15.5. The molecule has 3 nitrogen and oxygen atoms in total. The van der Waals surface area contributed by atoms with E-state index in [1.165, 1.54) is 12.8 Å². The summed E-state index contributed by atoms with van der Waals surface area (Å²) in [5.74, 6) is 0. The summed E-state index contributed by atoms with van der Waals surface area (Å²) in [5.41, 5.74) is 0. The Hall–Kier alpha value is -0.600. The zero-order valence-electron chi connectivity index (χ0n) is 6.04. The molecule has 0 aromatic rings. The van der Waals surface area contributed by atoms with Crippen molar-refractivity contribution in [2.24, 2.45) is 10.3 Å². The first-order chi connectivity index (χ1) is 4.29. The molecular weight excluding hydrogens is 114 g/mol. The minimum Gasteiger partial charge on any atom is -0.282 e. The van der Waals surface area contributed by atoms with Gasteiger partial charge in [0.15, 0.2) is 0 Å². The third-order valence-corrected chi connectivity index (χ3v) is 1.51. The summed E-state index contributed by atoms with van der Waals surface area (Å²) in [6.07, 6.45) is 2.39. The molecule has 0 saturated heterocycles. The fourth-order valence-electron chi connectivity index (χ4n) is 0.894. The SMILES string of the molecule is CC1CCCN(C)N=N1. The molecule has 0 N–H and O–H groups in total. The normalized spacial score (nSPS) is 28.2. The van der Waals surface area contributed by atoms with E-state index in [1.54, 1.807) is 0 Å². The van der Waals surface area contributed by atoms with Crippen LogP contribution in [-0.2, 0) is 0 Å². The van der Waals surface area contributed by atoms with Crippen molar-refractivity contribution in [1.82, 2.24) is 5.01 Å². The molecule has 0 fully saturated rings. The van der Waals surface area contributed by atoms with Crippen molar-refractivity contribution in [3.8, 4) is 0 Å². The van der Waals surface area contributed by atoms with Gasteiger partial charge in [0.1, 0.15) is 0 Å². The van der Waals surface area contributed by atoms with E-state index >= 15 is 0 Å². The summed E-state index contributed by atoms with van der Waals surface area (Å²) >= 11 is 0. The number of rotatable bonds is 0. The second-order valence-electron chi connectivity index (χ2n) is 2.58. The van der Waals surface area contributed by atoms with E-state index in [0.717, 1.165) is 6.54 Å². The van der Waals surface area contributed by atoms with Gasteiger partial charge < -0.3 is 0 Å². The van der Waals surface area contributed by atoms with Gasteiger partial charge in [-0.05, 0) is 19.8 Å². The van der Waals surface area contributed by atoms with E-state index in [-0.39, 0.29) is 0 Å². The average Bonchev–Trinajstić information content (AvgIpc) is 1.97.